The summed E-state index contributed by atoms with van der Waals surface area (Å²) >= 11 is 0. The van der Waals surface area contributed by atoms with Crippen LogP contribution in [-0.2, 0) is 19.1 Å². The molecule has 0 aliphatic carbocycles. The van der Waals surface area contributed by atoms with Crippen LogP contribution >= 0.6 is 0 Å². The molecular formula is C13H20N2O5. The summed E-state index contributed by atoms with van der Waals surface area (Å²) in [5.74, 6) is -1.19. The second-order valence-electron chi connectivity index (χ2n) is 5.24. The van der Waals surface area contributed by atoms with Crippen LogP contribution in [0.5, 0.6) is 0 Å². The van der Waals surface area contributed by atoms with Crippen LogP contribution in [0.15, 0.2) is 0 Å². The number of rotatable bonds is 3. The van der Waals surface area contributed by atoms with E-state index < -0.39 is 18.2 Å². The van der Waals surface area contributed by atoms with Gasteiger partial charge in [0.05, 0.1) is 0 Å². The van der Waals surface area contributed by atoms with Crippen LogP contribution in [0.25, 0.3) is 0 Å². The number of carbonyl (C=O) groups is 3. The predicted molar refractivity (Wildman–Crippen MR) is 68.9 cm³/mol. The number of carbonyl (C=O) groups excluding carboxylic acids is 2. The first-order valence-electron chi connectivity index (χ1n) is 6.91. The van der Waals surface area contributed by atoms with Gasteiger partial charge in [-0.25, -0.2) is 4.79 Å². The lowest BCUT2D eigenvalue weighted by Crippen LogP contribution is -2.46. The highest BCUT2D eigenvalue weighted by Gasteiger charge is 2.38. The molecular weight excluding hydrogens is 264 g/mol. The summed E-state index contributed by atoms with van der Waals surface area (Å²) in [4.78, 5) is 36.2. The fourth-order valence-corrected chi connectivity index (χ4v) is 2.77. The molecule has 2 amide bonds. The molecule has 0 aromatic rings. The van der Waals surface area contributed by atoms with Crippen molar-refractivity contribution in [1.82, 2.24) is 10.2 Å². The van der Waals surface area contributed by atoms with Gasteiger partial charge < -0.3 is 20.1 Å². The molecule has 2 fully saturated rings. The zero-order chi connectivity index (χ0) is 14.7. The Kier molecular flexibility index (Phi) is 4.59. The molecule has 0 saturated carbocycles. The Labute approximate surface area is 117 Å². The summed E-state index contributed by atoms with van der Waals surface area (Å²) in [5.41, 5.74) is 0. The third kappa shape index (κ3) is 3.09. The second-order valence-corrected chi connectivity index (χ2v) is 5.24. The van der Waals surface area contributed by atoms with E-state index in [2.05, 4.69) is 5.32 Å². The highest BCUT2D eigenvalue weighted by Crippen LogP contribution is 2.24. The lowest BCUT2D eigenvalue weighted by Gasteiger charge is -2.32. The SMILES string of the molecule is CNC(=O)C1CCN(C(=O)[C@@H]2CC[C@H](C(=O)O)O2)CC1. The Morgan fingerprint density at radius 2 is 1.70 bits per heavy atom. The Balaban J connectivity index is 1.83. The van der Waals surface area contributed by atoms with Crippen LogP contribution in [-0.4, -0.2) is 60.1 Å². The molecule has 0 unspecified atom stereocenters. The number of carboxylic acids is 1. The minimum atomic E-state index is -1.02. The molecule has 0 bridgehead atoms. The van der Waals surface area contributed by atoms with Crippen LogP contribution in [0.2, 0.25) is 0 Å². The average Bonchev–Trinajstić information content (AvgIpc) is 2.96. The van der Waals surface area contributed by atoms with E-state index in [0.29, 0.717) is 38.8 Å². The van der Waals surface area contributed by atoms with E-state index in [1.54, 1.807) is 11.9 Å². The first kappa shape index (κ1) is 14.8. The van der Waals surface area contributed by atoms with Gasteiger partial charge in [-0.2, -0.15) is 0 Å². The quantitative estimate of drug-likeness (QED) is 0.735. The maximum absolute atomic E-state index is 12.2. The number of nitrogens with one attached hydrogen (secondary N) is 1. The molecule has 2 N–H and O–H groups in total. The van der Waals surface area contributed by atoms with Gasteiger partial charge in [0, 0.05) is 26.1 Å². The van der Waals surface area contributed by atoms with Crippen molar-refractivity contribution in [3.05, 3.63) is 0 Å². The lowest BCUT2D eigenvalue weighted by molar-refractivity contribution is -0.155. The van der Waals surface area contributed by atoms with Crippen LogP contribution in [0, 0.1) is 5.92 Å². The molecule has 0 radical (unpaired) electrons. The van der Waals surface area contributed by atoms with E-state index in [4.69, 9.17) is 9.84 Å². The van der Waals surface area contributed by atoms with Crippen molar-refractivity contribution in [1.29, 1.82) is 0 Å². The maximum atomic E-state index is 12.2. The first-order valence-corrected chi connectivity index (χ1v) is 6.91. The topological polar surface area (TPSA) is 95.9 Å². The van der Waals surface area contributed by atoms with Gasteiger partial charge in [-0.3, -0.25) is 9.59 Å². The summed E-state index contributed by atoms with van der Waals surface area (Å²) in [5, 5.41) is 11.5. The van der Waals surface area contributed by atoms with Crippen molar-refractivity contribution in [3.63, 3.8) is 0 Å². The van der Waals surface area contributed by atoms with Gasteiger partial charge in [0.15, 0.2) is 6.10 Å². The number of nitrogens with zero attached hydrogens (tertiary/aromatic N) is 1. The van der Waals surface area contributed by atoms with E-state index in [1.807, 2.05) is 0 Å². The molecule has 112 valence electrons. The second kappa shape index (κ2) is 6.21. The van der Waals surface area contributed by atoms with Crippen molar-refractivity contribution in [2.45, 2.75) is 37.9 Å². The smallest absolute Gasteiger partial charge is 0.332 e. The highest BCUT2D eigenvalue weighted by atomic mass is 16.5. The minimum absolute atomic E-state index is 0.0140. The van der Waals surface area contributed by atoms with Crippen LogP contribution in [0.1, 0.15) is 25.7 Å². The summed E-state index contributed by atoms with van der Waals surface area (Å²) in [7, 11) is 1.61. The van der Waals surface area contributed by atoms with Crippen molar-refractivity contribution in [3.8, 4) is 0 Å². The van der Waals surface area contributed by atoms with Gasteiger partial charge in [0.2, 0.25) is 5.91 Å². The van der Waals surface area contributed by atoms with Crippen molar-refractivity contribution < 1.29 is 24.2 Å². The Bertz CT molecular complexity index is 404. The molecule has 2 saturated heterocycles. The maximum Gasteiger partial charge on any atom is 0.332 e. The monoisotopic (exact) mass is 284 g/mol. The fourth-order valence-electron chi connectivity index (χ4n) is 2.77. The molecule has 0 aromatic carbocycles. The van der Waals surface area contributed by atoms with E-state index >= 15 is 0 Å². The molecule has 2 aliphatic rings. The average molecular weight is 284 g/mol. The molecule has 0 aromatic heterocycles. The summed E-state index contributed by atoms with van der Waals surface area (Å²) in [6.45, 7) is 1.04. The van der Waals surface area contributed by atoms with Crippen molar-refractivity contribution in [2.75, 3.05) is 20.1 Å². The van der Waals surface area contributed by atoms with Gasteiger partial charge in [0.1, 0.15) is 6.10 Å². The number of ether oxygens (including phenoxy) is 1. The number of amides is 2. The number of hydrogen-bond acceptors (Lipinski definition) is 4. The third-order valence-electron chi connectivity index (χ3n) is 3.99. The van der Waals surface area contributed by atoms with Gasteiger partial charge in [0.25, 0.3) is 5.91 Å². The molecule has 0 spiro atoms. The Morgan fingerprint density at radius 1 is 1.10 bits per heavy atom. The molecule has 2 heterocycles. The first-order chi connectivity index (χ1) is 9.52. The largest absolute Gasteiger partial charge is 0.479 e. The van der Waals surface area contributed by atoms with E-state index in [1.165, 1.54) is 0 Å². The zero-order valence-electron chi connectivity index (χ0n) is 11.5. The lowest BCUT2D eigenvalue weighted by atomic mass is 9.95. The van der Waals surface area contributed by atoms with Crippen LogP contribution in [0.4, 0.5) is 0 Å². The molecule has 7 nitrogen and oxygen atoms in total. The third-order valence-corrected chi connectivity index (χ3v) is 3.99. The van der Waals surface area contributed by atoms with Crippen LogP contribution in [0.3, 0.4) is 0 Å². The number of aliphatic carboxylic acids is 1. The zero-order valence-corrected chi connectivity index (χ0v) is 11.5. The van der Waals surface area contributed by atoms with Crippen molar-refractivity contribution >= 4 is 17.8 Å². The van der Waals surface area contributed by atoms with Crippen molar-refractivity contribution in [2.24, 2.45) is 5.92 Å². The Hall–Kier alpha value is -1.63. The van der Waals surface area contributed by atoms with Gasteiger partial charge >= 0.3 is 5.97 Å². The van der Waals surface area contributed by atoms with Crippen LogP contribution < -0.4 is 5.32 Å². The van der Waals surface area contributed by atoms with E-state index in [9.17, 15) is 14.4 Å². The number of piperidine rings is 1. The normalized spacial score (nSPS) is 27.4. The summed E-state index contributed by atoms with van der Waals surface area (Å²) in [6, 6.07) is 0. The summed E-state index contributed by atoms with van der Waals surface area (Å²) in [6.07, 6.45) is 0.590. The molecule has 2 atom stereocenters. The molecule has 20 heavy (non-hydrogen) atoms. The highest BCUT2D eigenvalue weighted by molar-refractivity contribution is 5.83. The molecule has 7 heteroatoms. The fraction of sp³-hybridized carbons (Fsp3) is 0.769. The summed E-state index contributed by atoms with van der Waals surface area (Å²) < 4.78 is 5.26. The standard InChI is InChI=1S/C13H20N2O5/c1-14-11(16)8-4-6-15(7-5-8)12(17)9-2-3-10(20-9)13(18)19/h8-10H,2-7H2,1H3,(H,14,16)(H,18,19)/t9-,10+/m0/s1. The van der Waals surface area contributed by atoms with Gasteiger partial charge in [-0.15, -0.1) is 0 Å². The number of likely N-dealkylation sites (tertiary alicyclic amines) is 1. The minimum Gasteiger partial charge on any atom is -0.479 e. The Morgan fingerprint density at radius 3 is 2.20 bits per heavy atom. The number of hydrogen-bond donors (Lipinski definition) is 2. The van der Waals surface area contributed by atoms with E-state index in [-0.39, 0.29) is 17.7 Å². The molecule has 2 aliphatic heterocycles. The predicted octanol–water partition coefficient (Wildman–Crippen LogP) is -0.397. The molecule has 2 rings (SSSR count). The van der Waals surface area contributed by atoms with E-state index in [0.717, 1.165) is 0 Å². The van der Waals surface area contributed by atoms with Gasteiger partial charge in [-0.05, 0) is 25.7 Å². The number of carboxylic acid groups (broad SMARTS) is 1. The van der Waals surface area contributed by atoms with Gasteiger partial charge in [-0.1, -0.05) is 0 Å².